The van der Waals surface area contributed by atoms with E-state index >= 15 is 0 Å². The summed E-state index contributed by atoms with van der Waals surface area (Å²) in [6.07, 6.45) is 0.850. The van der Waals surface area contributed by atoms with Crippen LogP contribution in [-0.2, 0) is 4.79 Å². The summed E-state index contributed by atoms with van der Waals surface area (Å²) in [4.78, 5) is 18.9. The van der Waals surface area contributed by atoms with Gasteiger partial charge in [-0.05, 0) is 49.8 Å². The first kappa shape index (κ1) is 19.9. The van der Waals surface area contributed by atoms with Crippen LogP contribution >= 0.6 is 0 Å². The lowest BCUT2D eigenvalue weighted by Gasteiger charge is -2.44. The highest BCUT2D eigenvalue weighted by atomic mass is 19.1. The molecule has 2 aromatic rings. The minimum atomic E-state index is -0.256. The van der Waals surface area contributed by atoms with Crippen LogP contribution in [0.25, 0.3) is 11.1 Å². The van der Waals surface area contributed by atoms with Crippen molar-refractivity contribution in [3.63, 3.8) is 0 Å². The molecule has 0 bridgehead atoms. The third kappa shape index (κ3) is 3.40. The van der Waals surface area contributed by atoms with Gasteiger partial charge in [0.05, 0.1) is 25.2 Å². The van der Waals surface area contributed by atoms with Crippen LogP contribution in [0.2, 0.25) is 0 Å². The maximum Gasteiger partial charge on any atom is 0.237 e. The molecular weight excluding hydrogens is 369 g/mol. The summed E-state index contributed by atoms with van der Waals surface area (Å²) in [6, 6.07) is 12.6. The fourth-order valence-electron chi connectivity index (χ4n) is 4.96. The van der Waals surface area contributed by atoms with E-state index in [0.29, 0.717) is 18.7 Å². The lowest BCUT2D eigenvalue weighted by atomic mass is 9.81. The lowest BCUT2D eigenvalue weighted by molar-refractivity contribution is -0.133. The molecule has 0 aromatic heterocycles. The first-order valence-electron chi connectivity index (χ1n) is 10.1. The van der Waals surface area contributed by atoms with E-state index in [1.165, 1.54) is 6.07 Å². The van der Waals surface area contributed by atoms with Gasteiger partial charge in [-0.1, -0.05) is 24.3 Å². The van der Waals surface area contributed by atoms with Gasteiger partial charge in [0.25, 0.3) is 0 Å². The van der Waals surface area contributed by atoms with E-state index in [4.69, 9.17) is 0 Å². The van der Waals surface area contributed by atoms with E-state index in [-0.39, 0.29) is 36.3 Å². The minimum absolute atomic E-state index is 0.0380. The Morgan fingerprint density at radius 2 is 2.00 bits per heavy atom. The standard InChI is InChI=1S/C23H28FN3O2/c1-25(2)13-22(29)27-11-10-17-21(14-28)26(3)20-9-8-15(12-18(20)23(17)27)16-6-4-5-7-19(16)24/h4-9,12,17,21,23,28H,10-11,13-14H2,1-3H3/t17-,21+,23-/m0/s1. The topological polar surface area (TPSA) is 47.0 Å². The predicted octanol–water partition coefficient (Wildman–Crippen LogP) is 2.75. The molecule has 1 amide bonds. The largest absolute Gasteiger partial charge is 0.394 e. The quantitative estimate of drug-likeness (QED) is 0.862. The Morgan fingerprint density at radius 1 is 1.24 bits per heavy atom. The molecule has 0 spiro atoms. The van der Waals surface area contributed by atoms with Crippen molar-refractivity contribution in [1.29, 1.82) is 0 Å². The molecule has 29 heavy (non-hydrogen) atoms. The van der Waals surface area contributed by atoms with Gasteiger partial charge in [-0.25, -0.2) is 4.39 Å². The Hall–Kier alpha value is -2.44. The van der Waals surface area contributed by atoms with E-state index in [1.54, 1.807) is 12.1 Å². The molecule has 5 nitrogen and oxygen atoms in total. The second kappa shape index (κ2) is 7.76. The van der Waals surface area contributed by atoms with E-state index in [2.05, 4.69) is 4.90 Å². The first-order valence-corrected chi connectivity index (χ1v) is 10.1. The van der Waals surface area contributed by atoms with E-state index in [1.807, 2.05) is 55.2 Å². The fraction of sp³-hybridized carbons (Fsp3) is 0.435. The molecule has 154 valence electrons. The zero-order valence-corrected chi connectivity index (χ0v) is 17.2. The molecule has 2 heterocycles. The third-order valence-corrected chi connectivity index (χ3v) is 6.31. The van der Waals surface area contributed by atoms with Crippen LogP contribution in [0, 0.1) is 11.7 Å². The Balaban J connectivity index is 1.81. The number of aliphatic hydroxyl groups is 1. The smallest absolute Gasteiger partial charge is 0.237 e. The number of fused-ring (bicyclic) bond motifs is 3. The number of carbonyl (C=O) groups is 1. The van der Waals surface area contributed by atoms with Crippen LogP contribution in [0.15, 0.2) is 42.5 Å². The number of amides is 1. The number of likely N-dealkylation sites (tertiary alicyclic amines) is 1. The summed E-state index contributed by atoms with van der Waals surface area (Å²) in [5.74, 6) is -0.0150. The van der Waals surface area contributed by atoms with Crippen molar-refractivity contribution in [1.82, 2.24) is 9.80 Å². The van der Waals surface area contributed by atoms with Crippen LogP contribution in [0.3, 0.4) is 0 Å². The highest BCUT2D eigenvalue weighted by Crippen LogP contribution is 2.49. The minimum Gasteiger partial charge on any atom is -0.394 e. The number of rotatable bonds is 4. The molecule has 6 heteroatoms. The van der Waals surface area contributed by atoms with Crippen molar-refractivity contribution >= 4 is 11.6 Å². The van der Waals surface area contributed by atoms with Crippen LogP contribution in [0.1, 0.15) is 18.0 Å². The summed E-state index contributed by atoms with van der Waals surface area (Å²) < 4.78 is 14.4. The molecule has 2 aliphatic heterocycles. The fourth-order valence-corrected chi connectivity index (χ4v) is 4.96. The molecule has 0 unspecified atom stereocenters. The summed E-state index contributed by atoms with van der Waals surface area (Å²) >= 11 is 0. The molecule has 2 aromatic carbocycles. The van der Waals surface area contributed by atoms with Gasteiger partial charge in [0.2, 0.25) is 5.91 Å². The number of anilines is 1. The van der Waals surface area contributed by atoms with E-state index in [0.717, 1.165) is 23.2 Å². The molecule has 4 rings (SSSR count). The summed E-state index contributed by atoms with van der Waals surface area (Å²) in [7, 11) is 5.77. The molecule has 0 saturated carbocycles. The summed E-state index contributed by atoms with van der Waals surface area (Å²) in [5.41, 5.74) is 3.40. The Kier molecular flexibility index (Phi) is 5.32. The number of benzene rings is 2. The Bertz CT molecular complexity index is 917. The zero-order valence-electron chi connectivity index (χ0n) is 17.2. The summed E-state index contributed by atoms with van der Waals surface area (Å²) in [5, 5.41) is 10.1. The van der Waals surface area contributed by atoms with Crippen molar-refractivity contribution < 1.29 is 14.3 Å². The molecule has 0 radical (unpaired) electrons. The number of aliphatic hydroxyl groups excluding tert-OH is 1. The summed E-state index contributed by atoms with van der Waals surface area (Å²) in [6.45, 7) is 1.07. The highest BCUT2D eigenvalue weighted by molar-refractivity contribution is 5.80. The normalized spacial score (nSPS) is 23.3. The zero-order chi connectivity index (χ0) is 20.7. The van der Waals surface area contributed by atoms with Gasteiger partial charge in [0.1, 0.15) is 5.82 Å². The maximum absolute atomic E-state index is 14.4. The molecule has 1 saturated heterocycles. The number of nitrogens with zero attached hydrogens (tertiary/aromatic N) is 3. The second-order valence-corrected chi connectivity index (χ2v) is 8.34. The van der Waals surface area contributed by atoms with Crippen molar-refractivity contribution in [2.45, 2.75) is 18.5 Å². The Morgan fingerprint density at radius 3 is 2.69 bits per heavy atom. The van der Waals surface area contributed by atoms with E-state index < -0.39 is 0 Å². The van der Waals surface area contributed by atoms with Gasteiger partial charge in [0, 0.05) is 30.8 Å². The van der Waals surface area contributed by atoms with Gasteiger partial charge in [-0.3, -0.25) is 4.79 Å². The number of halogens is 1. The third-order valence-electron chi connectivity index (χ3n) is 6.31. The molecule has 3 atom stereocenters. The monoisotopic (exact) mass is 397 g/mol. The predicted molar refractivity (Wildman–Crippen MR) is 112 cm³/mol. The van der Waals surface area contributed by atoms with E-state index in [9.17, 15) is 14.3 Å². The highest BCUT2D eigenvalue weighted by Gasteiger charge is 2.47. The van der Waals surface area contributed by atoms with Gasteiger partial charge < -0.3 is 19.8 Å². The number of carbonyl (C=O) groups excluding carboxylic acids is 1. The maximum atomic E-state index is 14.4. The number of hydrogen-bond acceptors (Lipinski definition) is 4. The molecule has 0 aliphatic carbocycles. The number of likely N-dealkylation sites (N-methyl/N-ethyl adjacent to an activating group) is 2. The van der Waals surface area contributed by atoms with Crippen molar-refractivity contribution in [2.24, 2.45) is 5.92 Å². The van der Waals surface area contributed by atoms with Gasteiger partial charge in [-0.2, -0.15) is 0 Å². The molecular formula is C23H28FN3O2. The molecule has 1 N–H and O–H groups in total. The average Bonchev–Trinajstić information content (AvgIpc) is 3.13. The lowest BCUT2D eigenvalue weighted by Crippen LogP contribution is -2.49. The molecule has 1 fully saturated rings. The first-order chi connectivity index (χ1) is 13.9. The van der Waals surface area contributed by atoms with Crippen LogP contribution in [-0.4, -0.2) is 67.7 Å². The van der Waals surface area contributed by atoms with Gasteiger partial charge in [-0.15, -0.1) is 0 Å². The average molecular weight is 397 g/mol. The number of hydrogen-bond donors (Lipinski definition) is 1. The van der Waals surface area contributed by atoms with Gasteiger partial charge in [0.15, 0.2) is 0 Å². The van der Waals surface area contributed by atoms with Crippen LogP contribution in [0.5, 0.6) is 0 Å². The van der Waals surface area contributed by atoms with Crippen LogP contribution < -0.4 is 4.90 Å². The van der Waals surface area contributed by atoms with Crippen LogP contribution in [0.4, 0.5) is 10.1 Å². The van der Waals surface area contributed by atoms with Crippen molar-refractivity contribution in [3.05, 3.63) is 53.8 Å². The SMILES string of the molecule is CN(C)CC(=O)N1CC[C@@H]2[C@H]1c1cc(-c3ccccc3F)ccc1N(C)[C@@H]2CO. The van der Waals surface area contributed by atoms with Gasteiger partial charge >= 0.3 is 0 Å². The van der Waals surface area contributed by atoms with Crippen molar-refractivity contribution in [3.8, 4) is 11.1 Å². The van der Waals surface area contributed by atoms with Crippen molar-refractivity contribution in [2.75, 3.05) is 45.7 Å². The second-order valence-electron chi connectivity index (χ2n) is 8.34. The molecule has 2 aliphatic rings. The Labute approximate surface area is 171 Å².